The van der Waals surface area contributed by atoms with Crippen molar-refractivity contribution in [2.24, 2.45) is 5.92 Å². The van der Waals surface area contributed by atoms with Crippen molar-refractivity contribution >= 4 is 0 Å². The maximum Gasteiger partial charge on any atom is 0.248 e. The maximum absolute atomic E-state index is 12.4. The molecule has 1 saturated carbocycles. The van der Waals surface area contributed by atoms with Crippen molar-refractivity contribution in [3.05, 3.63) is 0 Å². The van der Waals surface area contributed by atoms with Gasteiger partial charge in [-0.1, -0.05) is 0 Å². The van der Waals surface area contributed by atoms with Gasteiger partial charge < -0.3 is 0 Å². The summed E-state index contributed by atoms with van der Waals surface area (Å²) in [6.07, 6.45) is 6.02. The van der Waals surface area contributed by atoms with E-state index in [1.165, 1.54) is 0 Å². The second-order valence-corrected chi connectivity index (χ2v) is 2.80. The highest BCUT2D eigenvalue weighted by atomic mass is 19.3. The zero-order valence-electron chi connectivity index (χ0n) is 5.74. The third kappa shape index (κ3) is 1.70. The number of hydrogen-bond acceptors (Lipinski definition) is 0. The molecule has 0 radical (unpaired) electrons. The Balaban J connectivity index is 2.40. The summed E-state index contributed by atoms with van der Waals surface area (Å²) in [5.41, 5.74) is 0. The van der Waals surface area contributed by atoms with Gasteiger partial charge in [-0.3, -0.25) is 0 Å². The predicted molar refractivity (Wildman–Crippen MR) is 35.7 cm³/mol. The first-order valence-corrected chi connectivity index (χ1v) is 3.48. The molecule has 56 valence electrons. The van der Waals surface area contributed by atoms with Crippen molar-refractivity contribution in [3.8, 4) is 12.3 Å². The van der Waals surface area contributed by atoms with E-state index in [9.17, 15) is 8.78 Å². The first kappa shape index (κ1) is 7.53. The highest BCUT2D eigenvalue weighted by Crippen LogP contribution is 2.35. The molecule has 0 amide bonds. The van der Waals surface area contributed by atoms with Gasteiger partial charge in [-0.25, -0.2) is 8.78 Å². The second-order valence-electron chi connectivity index (χ2n) is 2.80. The predicted octanol–water partition coefficient (Wildman–Crippen LogP) is 2.45. The molecule has 0 N–H and O–H groups in total. The van der Waals surface area contributed by atoms with Crippen LogP contribution in [-0.2, 0) is 0 Å². The van der Waals surface area contributed by atoms with E-state index in [4.69, 9.17) is 6.42 Å². The van der Waals surface area contributed by atoms with E-state index in [1.807, 2.05) is 0 Å². The molecular weight excluding hydrogens is 134 g/mol. The number of terminal acetylenes is 1. The SMILES string of the molecule is C#CC1CCC(F)(F)CC1. The molecule has 0 bridgehead atoms. The van der Waals surface area contributed by atoms with Crippen molar-refractivity contribution in [2.45, 2.75) is 31.6 Å². The van der Waals surface area contributed by atoms with E-state index in [0.717, 1.165) is 0 Å². The summed E-state index contributed by atoms with van der Waals surface area (Å²) in [6.45, 7) is 0. The van der Waals surface area contributed by atoms with Crippen LogP contribution in [0.2, 0.25) is 0 Å². The molecule has 0 unspecified atom stereocenters. The van der Waals surface area contributed by atoms with Crippen molar-refractivity contribution in [1.29, 1.82) is 0 Å². The monoisotopic (exact) mass is 144 g/mol. The third-order valence-corrected chi connectivity index (χ3v) is 1.95. The van der Waals surface area contributed by atoms with Gasteiger partial charge >= 0.3 is 0 Å². The average Bonchev–Trinajstić information content (AvgIpc) is 1.88. The summed E-state index contributed by atoms with van der Waals surface area (Å²) in [6, 6.07) is 0. The Morgan fingerprint density at radius 1 is 1.30 bits per heavy atom. The Hall–Kier alpha value is -0.580. The van der Waals surface area contributed by atoms with Crippen LogP contribution >= 0.6 is 0 Å². The zero-order chi connectivity index (χ0) is 7.61. The van der Waals surface area contributed by atoms with Crippen molar-refractivity contribution in [2.75, 3.05) is 0 Å². The minimum atomic E-state index is -2.44. The molecule has 1 aliphatic rings. The van der Waals surface area contributed by atoms with Crippen LogP contribution in [0.25, 0.3) is 0 Å². The summed E-state index contributed by atoms with van der Waals surface area (Å²) in [5, 5.41) is 0. The number of hydrogen-bond donors (Lipinski definition) is 0. The van der Waals surface area contributed by atoms with E-state index < -0.39 is 5.92 Å². The molecule has 0 nitrogen and oxygen atoms in total. The van der Waals surface area contributed by atoms with Gasteiger partial charge in [-0.05, 0) is 12.8 Å². The average molecular weight is 144 g/mol. The number of rotatable bonds is 0. The van der Waals surface area contributed by atoms with Crippen LogP contribution in [0.3, 0.4) is 0 Å². The molecule has 2 heteroatoms. The van der Waals surface area contributed by atoms with Gasteiger partial charge in [0.25, 0.3) is 0 Å². The van der Waals surface area contributed by atoms with Gasteiger partial charge in [-0.2, -0.15) is 0 Å². The Morgan fingerprint density at radius 2 is 1.80 bits per heavy atom. The van der Waals surface area contributed by atoms with E-state index in [-0.39, 0.29) is 18.8 Å². The van der Waals surface area contributed by atoms with Crippen LogP contribution in [0.5, 0.6) is 0 Å². The molecule has 0 aromatic carbocycles. The fourth-order valence-electron chi connectivity index (χ4n) is 1.21. The van der Waals surface area contributed by atoms with Gasteiger partial charge in [0.1, 0.15) is 0 Å². The maximum atomic E-state index is 12.4. The third-order valence-electron chi connectivity index (χ3n) is 1.95. The molecule has 0 heterocycles. The Morgan fingerprint density at radius 3 is 2.20 bits per heavy atom. The number of alkyl halides is 2. The van der Waals surface area contributed by atoms with Crippen molar-refractivity contribution in [1.82, 2.24) is 0 Å². The normalized spacial score (nSPS) is 25.7. The summed E-state index contributed by atoms with van der Waals surface area (Å²) < 4.78 is 24.9. The first-order chi connectivity index (χ1) is 4.64. The Kier molecular flexibility index (Phi) is 1.94. The summed E-state index contributed by atoms with van der Waals surface area (Å²) >= 11 is 0. The lowest BCUT2D eigenvalue weighted by Gasteiger charge is -2.24. The van der Waals surface area contributed by atoms with E-state index in [2.05, 4.69) is 5.92 Å². The van der Waals surface area contributed by atoms with Crippen LogP contribution in [-0.4, -0.2) is 5.92 Å². The molecule has 10 heavy (non-hydrogen) atoms. The molecule has 0 aromatic rings. The quantitative estimate of drug-likeness (QED) is 0.458. The molecule has 0 saturated heterocycles. The molecule has 0 spiro atoms. The molecular formula is C8H10F2. The minimum Gasteiger partial charge on any atom is -0.207 e. The summed E-state index contributed by atoms with van der Waals surface area (Å²) in [5.74, 6) is 0.168. The van der Waals surface area contributed by atoms with Crippen LogP contribution in [0.15, 0.2) is 0 Å². The molecule has 0 aliphatic heterocycles. The first-order valence-electron chi connectivity index (χ1n) is 3.48. The molecule has 0 aromatic heterocycles. The zero-order valence-corrected chi connectivity index (χ0v) is 5.74. The fraction of sp³-hybridized carbons (Fsp3) is 0.750. The highest BCUT2D eigenvalue weighted by molar-refractivity contribution is 4.96. The van der Waals surface area contributed by atoms with Gasteiger partial charge in [0.05, 0.1) is 0 Å². The Bertz CT molecular complexity index is 145. The van der Waals surface area contributed by atoms with Gasteiger partial charge in [0, 0.05) is 18.8 Å². The Labute approximate surface area is 59.6 Å². The van der Waals surface area contributed by atoms with E-state index in [0.29, 0.717) is 12.8 Å². The van der Waals surface area contributed by atoms with Crippen LogP contribution < -0.4 is 0 Å². The van der Waals surface area contributed by atoms with Crippen LogP contribution in [0.1, 0.15) is 25.7 Å². The topological polar surface area (TPSA) is 0 Å². The summed E-state index contributed by atoms with van der Waals surface area (Å²) in [4.78, 5) is 0. The molecule has 1 rings (SSSR count). The number of halogens is 2. The minimum absolute atomic E-state index is 0.0259. The lowest BCUT2D eigenvalue weighted by Crippen LogP contribution is -2.23. The van der Waals surface area contributed by atoms with Crippen molar-refractivity contribution < 1.29 is 8.78 Å². The lowest BCUT2D eigenvalue weighted by atomic mass is 9.87. The summed E-state index contributed by atoms with van der Waals surface area (Å²) in [7, 11) is 0. The fourth-order valence-corrected chi connectivity index (χ4v) is 1.21. The molecule has 1 fully saturated rings. The van der Waals surface area contributed by atoms with Gasteiger partial charge in [0.2, 0.25) is 5.92 Å². The van der Waals surface area contributed by atoms with E-state index >= 15 is 0 Å². The largest absolute Gasteiger partial charge is 0.248 e. The smallest absolute Gasteiger partial charge is 0.207 e. The molecule has 1 aliphatic carbocycles. The van der Waals surface area contributed by atoms with E-state index in [1.54, 1.807) is 0 Å². The van der Waals surface area contributed by atoms with Crippen LogP contribution in [0.4, 0.5) is 8.78 Å². The molecule has 0 atom stereocenters. The van der Waals surface area contributed by atoms with Gasteiger partial charge in [-0.15, -0.1) is 12.3 Å². The standard InChI is InChI=1S/C8H10F2/c1-2-7-3-5-8(9,10)6-4-7/h1,7H,3-6H2. The van der Waals surface area contributed by atoms with Gasteiger partial charge in [0.15, 0.2) is 0 Å². The second kappa shape index (κ2) is 2.57. The highest BCUT2D eigenvalue weighted by Gasteiger charge is 2.33. The van der Waals surface area contributed by atoms with Crippen molar-refractivity contribution in [3.63, 3.8) is 0 Å². The lowest BCUT2D eigenvalue weighted by molar-refractivity contribution is -0.0402. The van der Waals surface area contributed by atoms with Crippen LogP contribution in [0, 0.1) is 18.3 Å².